The van der Waals surface area contributed by atoms with Gasteiger partial charge in [-0.25, -0.2) is 0 Å². The molecule has 1 amide bonds. The van der Waals surface area contributed by atoms with Gasteiger partial charge in [0.15, 0.2) is 0 Å². The van der Waals surface area contributed by atoms with Crippen molar-refractivity contribution in [1.29, 1.82) is 0 Å². The van der Waals surface area contributed by atoms with E-state index in [0.717, 1.165) is 48.7 Å². The Morgan fingerprint density at radius 1 is 1.42 bits per heavy atom. The Kier molecular flexibility index (Phi) is 5.10. The molecule has 3 N–H and O–H groups in total. The first-order valence-electron chi connectivity index (χ1n) is 6.64. The first-order valence-corrected chi connectivity index (χ1v) is 7.63. The number of nitrogen functional groups attached to an aromatic ring is 1. The minimum absolute atomic E-state index is 0.225. The summed E-state index contributed by atoms with van der Waals surface area (Å²) >= 11 is 1.58. The van der Waals surface area contributed by atoms with Crippen molar-refractivity contribution in [1.82, 2.24) is 10.2 Å². The first-order chi connectivity index (χ1) is 9.16. The smallest absolute Gasteiger partial charge is 0.232 e. The molecular weight excluding hydrogens is 258 g/mol. The topological polar surface area (TPSA) is 58.4 Å². The van der Waals surface area contributed by atoms with Crippen LogP contribution in [0.1, 0.15) is 12.0 Å². The van der Waals surface area contributed by atoms with Crippen molar-refractivity contribution >= 4 is 23.4 Å². The molecule has 0 saturated carbocycles. The van der Waals surface area contributed by atoms with Crippen molar-refractivity contribution in [3.8, 4) is 0 Å². The number of nitrogens with one attached hydrogen (secondary N) is 1. The van der Waals surface area contributed by atoms with E-state index in [-0.39, 0.29) is 5.91 Å². The number of hydrogen-bond donors (Lipinski definition) is 2. The number of anilines is 1. The molecule has 104 valence electrons. The summed E-state index contributed by atoms with van der Waals surface area (Å²) in [4.78, 5) is 15.2. The number of thioether (sulfide) groups is 1. The normalized spacial score (nSPS) is 16.2. The molecule has 5 heteroatoms. The first kappa shape index (κ1) is 14.2. The number of carbonyl (C=O) groups excluding carboxylic acids is 1. The number of benzene rings is 1. The molecule has 0 unspecified atom stereocenters. The van der Waals surface area contributed by atoms with E-state index in [4.69, 9.17) is 5.73 Å². The van der Waals surface area contributed by atoms with Crippen molar-refractivity contribution < 1.29 is 4.79 Å². The second-order valence-corrected chi connectivity index (χ2v) is 5.84. The van der Waals surface area contributed by atoms with Crippen molar-refractivity contribution in [2.24, 2.45) is 0 Å². The maximum absolute atomic E-state index is 12.1. The zero-order valence-corrected chi connectivity index (χ0v) is 12.1. The highest BCUT2D eigenvalue weighted by Crippen LogP contribution is 2.22. The van der Waals surface area contributed by atoms with Gasteiger partial charge in [0, 0.05) is 30.2 Å². The molecule has 1 heterocycles. The lowest BCUT2D eigenvalue weighted by atomic mass is 10.2. The Bertz CT molecular complexity index is 442. The van der Waals surface area contributed by atoms with Gasteiger partial charge in [-0.05, 0) is 43.7 Å². The number of nitrogens with two attached hydrogens (primary N) is 1. The van der Waals surface area contributed by atoms with E-state index >= 15 is 0 Å². The largest absolute Gasteiger partial charge is 0.399 e. The van der Waals surface area contributed by atoms with Gasteiger partial charge in [0.1, 0.15) is 0 Å². The van der Waals surface area contributed by atoms with Crippen LogP contribution in [0, 0.1) is 6.92 Å². The van der Waals surface area contributed by atoms with E-state index < -0.39 is 0 Å². The van der Waals surface area contributed by atoms with Crippen molar-refractivity contribution in [3.05, 3.63) is 23.8 Å². The Morgan fingerprint density at radius 2 is 2.26 bits per heavy atom. The van der Waals surface area contributed by atoms with E-state index in [2.05, 4.69) is 5.32 Å². The van der Waals surface area contributed by atoms with Crippen LogP contribution in [0.4, 0.5) is 5.69 Å². The van der Waals surface area contributed by atoms with Crippen LogP contribution >= 0.6 is 11.8 Å². The third-order valence-electron chi connectivity index (χ3n) is 3.30. The predicted octanol–water partition coefficient (Wildman–Crippen LogP) is 1.49. The summed E-state index contributed by atoms with van der Waals surface area (Å²) in [5.41, 5.74) is 7.65. The molecule has 0 radical (unpaired) electrons. The second-order valence-electron chi connectivity index (χ2n) is 4.79. The van der Waals surface area contributed by atoms with Crippen molar-refractivity contribution in [2.75, 3.05) is 37.7 Å². The molecule has 2 rings (SSSR count). The van der Waals surface area contributed by atoms with Gasteiger partial charge < -0.3 is 16.0 Å². The van der Waals surface area contributed by atoms with Gasteiger partial charge in [-0.15, -0.1) is 11.8 Å². The highest BCUT2D eigenvalue weighted by Gasteiger charge is 2.15. The fourth-order valence-corrected chi connectivity index (χ4v) is 2.97. The molecular formula is C14H21N3OS. The number of rotatable bonds is 3. The van der Waals surface area contributed by atoms with Crippen LogP contribution < -0.4 is 11.1 Å². The van der Waals surface area contributed by atoms with Gasteiger partial charge >= 0.3 is 0 Å². The molecule has 0 atom stereocenters. The van der Waals surface area contributed by atoms with E-state index in [0.29, 0.717) is 5.75 Å². The molecule has 0 aromatic heterocycles. The minimum Gasteiger partial charge on any atom is -0.399 e. The van der Waals surface area contributed by atoms with E-state index in [1.165, 1.54) is 0 Å². The second kappa shape index (κ2) is 6.82. The summed E-state index contributed by atoms with van der Waals surface area (Å²) < 4.78 is 0. The van der Waals surface area contributed by atoms with E-state index in [9.17, 15) is 4.79 Å². The Hall–Kier alpha value is -1.20. The van der Waals surface area contributed by atoms with Gasteiger partial charge in [0.25, 0.3) is 0 Å². The average molecular weight is 279 g/mol. The highest BCUT2D eigenvalue weighted by atomic mass is 32.2. The fraction of sp³-hybridized carbons (Fsp3) is 0.500. The van der Waals surface area contributed by atoms with Gasteiger partial charge in [0.05, 0.1) is 5.75 Å². The summed E-state index contributed by atoms with van der Waals surface area (Å²) in [6.45, 7) is 5.58. The molecule has 0 spiro atoms. The predicted molar refractivity (Wildman–Crippen MR) is 80.4 cm³/mol. The van der Waals surface area contributed by atoms with Crippen LogP contribution in [0.2, 0.25) is 0 Å². The molecule has 0 bridgehead atoms. The fourth-order valence-electron chi connectivity index (χ4n) is 2.07. The molecule has 1 aromatic rings. The minimum atomic E-state index is 0.225. The lowest BCUT2D eigenvalue weighted by Gasteiger charge is -2.19. The molecule has 0 aliphatic carbocycles. The van der Waals surface area contributed by atoms with Crippen LogP contribution in [0.3, 0.4) is 0 Å². The van der Waals surface area contributed by atoms with E-state index in [1.807, 2.05) is 30.0 Å². The Balaban J connectivity index is 1.86. The molecule has 19 heavy (non-hydrogen) atoms. The quantitative estimate of drug-likeness (QED) is 0.650. The monoisotopic (exact) mass is 279 g/mol. The van der Waals surface area contributed by atoms with Gasteiger partial charge in [0.2, 0.25) is 5.91 Å². The molecule has 1 saturated heterocycles. The maximum Gasteiger partial charge on any atom is 0.232 e. The van der Waals surface area contributed by atoms with Crippen molar-refractivity contribution in [2.45, 2.75) is 18.2 Å². The summed E-state index contributed by atoms with van der Waals surface area (Å²) in [5.74, 6) is 0.728. The lowest BCUT2D eigenvalue weighted by Crippen LogP contribution is -2.35. The SMILES string of the molecule is Cc1cc(SCC(=O)N2CCCNCC2)ccc1N. The summed E-state index contributed by atoms with van der Waals surface area (Å²) in [6.07, 6.45) is 1.04. The van der Waals surface area contributed by atoms with Gasteiger partial charge in [-0.2, -0.15) is 0 Å². The highest BCUT2D eigenvalue weighted by molar-refractivity contribution is 8.00. The molecule has 1 aromatic carbocycles. The zero-order chi connectivity index (χ0) is 13.7. The van der Waals surface area contributed by atoms with Crippen LogP contribution in [0.5, 0.6) is 0 Å². The van der Waals surface area contributed by atoms with Crippen LogP contribution in [0.15, 0.2) is 23.1 Å². The van der Waals surface area contributed by atoms with Crippen molar-refractivity contribution in [3.63, 3.8) is 0 Å². The third kappa shape index (κ3) is 4.14. The maximum atomic E-state index is 12.1. The number of hydrogen-bond acceptors (Lipinski definition) is 4. The van der Waals surface area contributed by atoms with Gasteiger partial charge in [-0.1, -0.05) is 0 Å². The van der Waals surface area contributed by atoms with Crippen LogP contribution in [-0.4, -0.2) is 42.7 Å². The zero-order valence-electron chi connectivity index (χ0n) is 11.3. The number of aryl methyl sites for hydroxylation is 1. The third-order valence-corrected chi connectivity index (χ3v) is 4.27. The standard InChI is InChI=1S/C14H21N3OS/c1-11-9-12(3-4-13(11)15)19-10-14(18)17-7-2-5-16-6-8-17/h3-4,9,16H,2,5-8,10,15H2,1H3. The number of amides is 1. The number of nitrogens with zero attached hydrogens (tertiary/aromatic N) is 1. The van der Waals surface area contributed by atoms with Gasteiger partial charge in [-0.3, -0.25) is 4.79 Å². The number of carbonyl (C=O) groups is 1. The Morgan fingerprint density at radius 3 is 3.05 bits per heavy atom. The summed E-state index contributed by atoms with van der Waals surface area (Å²) in [5, 5.41) is 3.30. The molecule has 4 nitrogen and oxygen atoms in total. The summed E-state index contributed by atoms with van der Waals surface area (Å²) in [7, 11) is 0. The Labute approximate surface area is 118 Å². The molecule has 1 fully saturated rings. The molecule has 1 aliphatic rings. The lowest BCUT2D eigenvalue weighted by molar-refractivity contribution is -0.128. The van der Waals surface area contributed by atoms with E-state index in [1.54, 1.807) is 11.8 Å². The van der Waals surface area contributed by atoms with Crippen LogP contribution in [-0.2, 0) is 4.79 Å². The summed E-state index contributed by atoms with van der Waals surface area (Å²) in [6, 6.07) is 5.92. The molecule has 1 aliphatic heterocycles. The van der Waals surface area contributed by atoms with Crippen LogP contribution in [0.25, 0.3) is 0 Å². The average Bonchev–Trinajstić information content (AvgIpc) is 2.69.